The van der Waals surface area contributed by atoms with E-state index in [-0.39, 0.29) is 49.4 Å². The minimum Gasteiger partial charge on any atom is -0.394 e. The van der Waals surface area contributed by atoms with Crippen molar-refractivity contribution in [3.05, 3.63) is 105 Å². The number of hydrogen-bond acceptors (Lipinski definition) is 9. The predicted octanol–water partition coefficient (Wildman–Crippen LogP) is 10.4. The number of benzene rings is 3. The molecule has 0 radical (unpaired) electrons. The Morgan fingerprint density at radius 3 is 1.59 bits per heavy atom. The Labute approximate surface area is 446 Å². The summed E-state index contributed by atoms with van der Waals surface area (Å²) in [4.78, 5) is 0. The molecule has 0 spiro atoms. The van der Waals surface area contributed by atoms with Crippen LogP contribution in [0.1, 0.15) is 190 Å². The van der Waals surface area contributed by atoms with Crippen LogP contribution in [0.5, 0.6) is 0 Å². The van der Waals surface area contributed by atoms with Crippen molar-refractivity contribution in [3.63, 3.8) is 0 Å². The molecule has 9 rings (SSSR count). The van der Waals surface area contributed by atoms with Gasteiger partial charge in [0, 0.05) is 57.8 Å². The molecule has 13 atom stereocenters. The molecule has 6 aliphatic carbocycles. The number of fused-ring (bicyclic) bond motifs is 3. The van der Waals surface area contributed by atoms with Crippen LogP contribution in [0.25, 0.3) is 0 Å². The quantitative estimate of drug-likeness (QED) is 0.0453. The van der Waals surface area contributed by atoms with E-state index in [1.54, 1.807) is 19.8 Å². The Morgan fingerprint density at radius 2 is 1.04 bits per heavy atom. The molecule has 3 aromatic rings. The SMILES string of the molecule is COCCCCC[C@@H]1CCc2cc([C@H]3CC(C(CCCCC4CCc5cc([C@H]6CC(C7C[C@](N)(CO)C[C@H]7c7ccc8c(c7)CCC(CCCOC)C8)[C@](N)(CO)C6)ccc5C4)COC)[C@](N)(CO)C3)ccc2C1. The second-order valence-corrected chi connectivity index (χ2v) is 25.9. The van der Waals surface area contributed by atoms with Crippen LogP contribution in [0, 0.1) is 41.4 Å². The maximum atomic E-state index is 11.1. The summed E-state index contributed by atoms with van der Waals surface area (Å²) in [6.07, 6.45) is 27.8. The smallest absolute Gasteiger partial charge is 0.0614 e. The molecule has 0 saturated heterocycles. The molecular formula is C65H99N3O6. The Hall–Kier alpha value is -2.70. The van der Waals surface area contributed by atoms with Gasteiger partial charge in [-0.3, -0.25) is 0 Å². The fourth-order valence-corrected chi connectivity index (χ4v) is 16.7. The van der Waals surface area contributed by atoms with Gasteiger partial charge in [0.05, 0.1) is 19.8 Å². The summed E-state index contributed by atoms with van der Waals surface area (Å²) in [6, 6.07) is 21.8. The predicted molar refractivity (Wildman–Crippen MR) is 300 cm³/mol. The number of rotatable bonds is 25. The number of hydrogen-bond donors (Lipinski definition) is 6. The lowest BCUT2D eigenvalue weighted by molar-refractivity contribution is 0.0652. The van der Waals surface area contributed by atoms with Gasteiger partial charge in [0.25, 0.3) is 0 Å². The van der Waals surface area contributed by atoms with Crippen LogP contribution < -0.4 is 17.2 Å². The number of ether oxygens (including phenoxy) is 3. The second-order valence-electron chi connectivity index (χ2n) is 25.9. The molecule has 0 amide bonds. The van der Waals surface area contributed by atoms with E-state index in [1.807, 2.05) is 7.11 Å². The van der Waals surface area contributed by atoms with Gasteiger partial charge in [-0.2, -0.15) is 0 Å². The third kappa shape index (κ3) is 12.9. The molecule has 3 saturated carbocycles. The lowest BCUT2D eigenvalue weighted by atomic mass is 9.71. The lowest BCUT2D eigenvalue weighted by Crippen LogP contribution is -2.50. The first-order chi connectivity index (χ1) is 35.9. The molecular weight excluding hydrogens is 919 g/mol. The standard InChI is InChI=1S/C65H99N3O6/c1-72-26-8-4-5-10-44-14-17-50-31-53(22-20-47(50)28-44)57-34-61(64(67,36-57)42-70)56(40-74-3)13-7-6-11-45-15-18-51-32-54(23-21-48(51)29-45)58-35-62(65(68,37-58)43-71)60-39-63(66,41-69)38-59(60)55-25-24-49-30-46(12-9-27-73-2)16-19-52(49)33-55/h20-25,31-33,44-46,56-62,69-71H,4-19,26-30,34-43,66-68H2,1-3H3/t44-,45?,46?,56?,57+,58+,59+,60?,61?,62?,63+,64-,65-/m1/s1. The molecule has 0 heterocycles. The molecule has 9 heteroatoms. The largest absolute Gasteiger partial charge is 0.394 e. The second kappa shape index (κ2) is 25.4. The highest BCUT2D eigenvalue weighted by atomic mass is 16.5. The Bertz CT molecular complexity index is 2270. The minimum atomic E-state index is -0.694. The van der Waals surface area contributed by atoms with E-state index >= 15 is 0 Å². The number of nitrogens with two attached hydrogens (primary N) is 3. The fourth-order valence-electron chi connectivity index (χ4n) is 16.7. The first-order valence-electron chi connectivity index (χ1n) is 29.9. The van der Waals surface area contributed by atoms with Gasteiger partial charge < -0.3 is 46.7 Å². The molecule has 3 aromatic carbocycles. The van der Waals surface area contributed by atoms with Gasteiger partial charge in [-0.05, 0) is 231 Å². The first kappa shape index (κ1) is 56.0. The molecule has 0 bridgehead atoms. The van der Waals surface area contributed by atoms with Crippen molar-refractivity contribution in [3.8, 4) is 0 Å². The highest BCUT2D eigenvalue weighted by Gasteiger charge is 2.55. The molecule has 410 valence electrons. The van der Waals surface area contributed by atoms with Crippen molar-refractivity contribution in [2.75, 3.05) is 61.0 Å². The van der Waals surface area contributed by atoms with E-state index in [2.05, 4.69) is 54.6 Å². The Balaban J connectivity index is 0.778. The highest BCUT2D eigenvalue weighted by molar-refractivity contribution is 5.40. The van der Waals surface area contributed by atoms with E-state index in [1.165, 1.54) is 122 Å². The maximum Gasteiger partial charge on any atom is 0.0614 e. The van der Waals surface area contributed by atoms with Crippen LogP contribution in [0.2, 0.25) is 0 Å². The molecule has 0 aliphatic heterocycles. The van der Waals surface area contributed by atoms with Crippen LogP contribution >= 0.6 is 0 Å². The fraction of sp³-hybridized carbons (Fsp3) is 0.723. The van der Waals surface area contributed by atoms with Gasteiger partial charge in [0.1, 0.15) is 0 Å². The molecule has 74 heavy (non-hydrogen) atoms. The van der Waals surface area contributed by atoms with Gasteiger partial charge in [-0.1, -0.05) is 93.1 Å². The van der Waals surface area contributed by atoms with Crippen molar-refractivity contribution >= 4 is 0 Å². The van der Waals surface area contributed by atoms with E-state index in [0.29, 0.717) is 24.4 Å². The third-order valence-electron chi connectivity index (χ3n) is 20.9. The summed E-state index contributed by atoms with van der Waals surface area (Å²) in [5, 5.41) is 32.5. The number of aliphatic hydroxyl groups is 3. The normalized spacial score (nSPS) is 33.1. The van der Waals surface area contributed by atoms with E-state index in [0.717, 1.165) is 109 Å². The van der Waals surface area contributed by atoms with Crippen LogP contribution in [0.15, 0.2) is 54.6 Å². The van der Waals surface area contributed by atoms with Crippen LogP contribution in [0.3, 0.4) is 0 Å². The third-order valence-corrected chi connectivity index (χ3v) is 20.9. The van der Waals surface area contributed by atoms with Crippen molar-refractivity contribution in [2.45, 2.75) is 195 Å². The van der Waals surface area contributed by atoms with Crippen molar-refractivity contribution in [1.82, 2.24) is 0 Å². The number of unbranched alkanes of at least 4 members (excludes halogenated alkanes) is 3. The van der Waals surface area contributed by atoms with Crippen LogP contribution in [-0.4, -0.2) is 92.9 Å². The average molecular weight is 1020 g/mol. The topological polar surface area (TPSA) is 166 Å². The zero-order valence-electron chi connectivity index (χ0n) is 46.2. The van der Waals surface area contributed by atoms with E-state index in [4.69, 9.17) is 31.4 Å². The molecule has 6 aliphatic rings. The Morgan fingerprint density at radius 1 is 0.527 bits per heavy atom. The van der Waals surface area contributed by atoms with E-state index < -0.39 is 16.6 Å². The summed E-state index contributed by atoms with van der Waals surface area (Å²) < 4.78 is 16.5. The minimum absolute atomic E-state index is 0.0257. The summed E-state index contributed by atoms with van der Waals surface area (Å²) >= 11 is 0. The summed E-state index contributed by atoms with van der Waals surface area (Å²) in [5.41, 5.74) is 32.8. The first-order valence-corrected chi connectivity index (χ1v) is 29.9. The van der Waals surface area contributed by atoms with Gasteiger partial charge >= 0.3 is 0 Å². The number of aryl methyl sites for hydroxylation is 3. The molecule has 6 unspecified atom stereocenters. The van der Waals surface area contributed by atoms with Gasteiger partial charge in [0.15, 0.2) is 0 Å². The summed E-state index contributed by atoms with van der Waals surface area (Å²) in [5.74, 6) is 3.95. The van der Waals surface area contributed by atoms with E-state index in [9.17, 15) is 15.3 Å². The zero-order valence-corrected chi connectivity index (χ0v) is 46.2. The van der Waals surface area contributed by atoms with Gasteiger partial charge in [0.2, 0.25) is 0 Å². The molecule has 0 aromatic heterocycles. The maximum absolute atomic E-state index is 11.1. The van der Waals surface area contributed by atoms with Crippen LogP contribution in [0.4, 0.5) is 0 Å². The van der Waals surface area contributed by atoms with Crippen LogP contribution in [-0.2, 0) is 52.7 Å². The monoisotopic (exact) mass is 1020 g/mol. The Kier molecular flexibility index (Phi) is 19.2. The van der Waals surface area contributed by atoms with Crippen molar-refractivity contribution in [1.29, 1.82) is 0 Å². The summed E-state index contributed by atoms with van der Waals surface area (Å²) in [7, 11) is 5.42. The molecule has 9 nitrogen and oxygen atoms in total. The number of aliphatic hydroxyl groups excluding tert-OH is 3. The van der Waals surface area contributed by atoms with Gasteiger partial charge in [-0.25, -0.2) is 0 Å². The average Bonchev–Trinajstić information content (AvgIpc) is 4.10. The zero-order chi connectivity index (χ0) is 51.9. The van der Waals surface area contributed by atoms with Crippen molar-refractivity contribution in [2.24, 2.45) is 58.6 Å². The molecule has 9 N–H and O–H groups in total. The van der Waals surface area contributed by atoms with Crippen molar-refractivity contribution < 1.29 is 29.5 Å². The lowest BCUT2D eigenvalue weighted by Gasteiger charge is -2.37. The van der Waals surface area contributed by atoms with Gasteiger partial charge in [-0.15, -0.1) is 0 Å². The highest BCUT2D eigenvalue weighted by Crippen LogP contribution is 2.57. The number of methoxy groups -OCH3 is 3. The molecule has 3 fully saturated rings. The summed E-state index contributed by atoms with van der Waals surface area (Å²) in [6.45, 7) is 2.36.